The topological polar surface area (TPSA) is 50.9 Å². The summed E-state index contributed by atoms with van der Waals surface area (Å²) in [6, 6.07) is 3.53. The fourth-order valence-corrected chi connectivity index (χ4v) is 1.61. The van der Waals surface area contributed by atoms with Crippen LogP contribution in [0.15, 0.2) is 18.5 Å². The molecule has 0 atom stereocenters. The molecule has 2 heterocycles. The molecule has 16 heavy (non-hydrogen) atoms. The monoisotopic (exact) mass is 237 g/mol. The first-order valence-corrected chi connectivity index (χ1v) is 5.28. The van der Waals surface area contributed by atoms with Crippen molar-refractivity contribution in [3.63, 3.8) is 0 Å². The first kappa shape index (κ1) is 11.1. The Bertz CT molecular complexity index is 522. The maximum Gasteiger partial charge on any atom is 0.138 e. The summed E-state index contributed by atoms with van der Waals surface area (Å²) in [6.07, 6.45) is 1.71. The third-order valence-corrected chi connectivity index (χ3v) is 2.90. The number of hydrogen-bond donors (Lipinski definition) is 1. The Morgan fingerprint density at radius 1 is 1.38 bits per heavy atom. The lowest BCUT2D eigenvalue weighted by molar-refractivity contribution is 0.277. The highest BCUT2D eigenvalue weighted by molar-refractivity contribution is 6.31. The van der Waals surface area contributed by atoms with Gasteiger partial charge in [-0.2, -0.15) is 0 Å². The van der Waals surface area contributed by atoms with Gasteiger partial charge in [0.15, 0.2) is 0 Å². The molecule has 0 aliphatic rings. The second kappa shape index (κ2) is 4.23. The van der Waals surface area contributed by atoms with Crippen molar-refractivity contribution in [2.45, 2.75) is 20.5 Å². The zero-order valence-electron chi connectivity index (χ0n) is 9.11. The van der Waals surface area contributed by atoms with E-state index < -0.39 is 0 Å². The van der Waals surface area contributed by atoms with E-state index in [9.17, 15) is 0 Å². The highest BCUT2D eigenvalue weighted by Gasteiger charge is 2.08. The van der Waals surface area contributed by atoms with Gasteiger partial charge in [-0.3, -0.25) is 4.57 Å². The Morgan fingerprint density at radius 3 is 2.69 bits per heavy atom. The second-order valence-electron chi connectivity index (χ2n) is 3.54. The van der Waals surface area contributed by atoms with Crippen LogP contribution in [0, 0.1) is 13.8 Å². The predicted octanol–water partition coefficient (Wildman–Crippen LogP) is 2.03. The SMILES string of the molecule is Cc1ncn(-c2ccc(Cl)c(CO)n2)c1C. The molecule has 0 saturated heterocycles. The van der Waals surface area contributed by atoms with E-state index in [-0.39, 0.29) is 6.61 Å². The normalized spacial score (nSPS) is 10.8. The Balaban J connectivity index is 2.52. The maximum absolute atomic E-state index is 9.09. The second-order valence-corrected chi connectivity index (χ2v) is 3.95. The molecule has 0 amide bonds. The van der Waals surface area contributed by atoms with Crippen LogP contribution in [-0.4, -0.2) is 19.6 Å². The van der Waals surface area contributed by atoms with Gasteiger partial charge in [0.2, 0.25) is 0 Å². The van der Waals surface area contributed by atoms with E-state index in [1.807, 2.05) is 18.4 Å². The van der Waals surface area contributed by atoms with Gasteiger partial charge in [-0.15, -0.1) is 0 Å². The van der Waals surface area contributed by atoms with E-state index >= 15 is 0 Å². The lowest BCUT2D eigenvalue weighted by Crippen LogP contribution is -2.01. The number of hydrogen-bond acceptors (Lipinski definition) is 3. The minimum atomic E-state index is -0.167. The first-order chi connectivity index (χ1) is 7.63. The van der Waals surface area contributed by atoms with Crippen LogP contribution in [0.4, 0.5) is 0 Å². The van der Waals surface area contributed by atoms with E-state index in [0.717, 1.165) is 11.4 Å². The van der Waals surface area contributed by atoms with Crippen LogP contribution >= 0.6 is 11.6 Å². The number of pyridine rings is 1. The van der Waals surface area contributed by atoms with Crippen molar-refractivity contribution < 1.29 is 5.11 Å². The van der Waals surface area contributed by atoms with Gasteiger partial charge in [0.25, 0.3) is 0 Å². The summed E-state index contributed by atoms with van der Waals surface area (Å²) in [5.41, 5.74) is 2.46. The molecular formula is C11H12ClN3O. The lowest BCUT2D eigenvalue weighted by atomic mass is 10.3. The summed E-state index contributed by atoms with van der Waals surface area (Å²) in [6.45, 7) is 3.74. The fourth-order valence-electron chi connectivity index (χ4n) is 1.45. The van der Waals surface area contributed by atoms with Crippen LogP contribution in [0.5, 0.6) is 0 Å². The van der Waals surface area contributed by atoms with Crippen molar-refractivity contribution in [2.75, 3.05) is 0 Å². The molecule has 0 aliphatic carbocycles. The van der Waals surface area contributed by atoms with Gasteiger partial charge in [-0.25, -0.2) is 9.97 Å². The highest BCUT2D eigenvalue weighted by Crippen LogP contribution is 2.18. The largest absolute Gasteiger partial charge is 0.390 e. The summed E-state index contributed by atoms with van der Waals surface area (Å²) in [5.74, 6) is 0.714. The molecule has 0 spiro atoms. The smallest absolute Gasteiger partial charge is 0.138 e. The Kier molecular flexibility index (Phi) is 2.94. The standard InChI is InChI=1S/C11H12ClN3O/c1-7-8(2)15(6-13-7)11-4-3-9(12)10(5-16)14-11/h3-4,6,16H,5H2,1-2H3. The van der Waals surface area contributed by atoms with E-state index in [0.29, 0.717) is 16.5 Å². The maximum atomic E-state index is 9.09. The third-order valence-electron chi connectivity index (χ3n) is 2.55. The molecule has 0 bridgehead atoms. The summed E-state index contributed by atoms with van der Waals surface area (Å²) in [4.78, 5) is 8.47. The molecular weight excluding hydrogens is 226 g/mol. The summed E-state index contributed by atoms with van der Waals surface area (Å²) in [5, 5.41) is 9.57. The van der Waals surface area contributed by atoms with Crippen molar-refractivity contribution in [3.05, 3.63) is 40.6 Å². The van der Waals surface area contributed by atoms with Gasteiger partial charge in [0.1, 0.15) is 12.1 Å². The minimum Gasteiger partial charge on any atom is -0.390 e. The Labute approximate surface area is 98.5 Å². The number of aromatic nitrogens is 3. The highest BCUT2D eigenvalue weighted by atomic mass is 35.5. The van der Waals surface area contributed by atoms with Gasteiger partial charge >= 0.3 is 0 Å². The zero-order valence-corrected chi connectivity index (χ0v) is 9.86. The molecule has 0 saturated carbocycles. The average Bonchev–Trinajstić information content (AvgIpc) is 2.61. The van der Waals surface area contributed by atoms with E-state index in [1.54, 1.807) is 18.5 Å². The molecule has 2 aromatic heterocycles. The average molecular weight is 238 g/mol. The van der Waals surface area contributed by atoms with Crippen LogP contribution < -0.4 is 0 Å². The number of halogens is 1. The van der Waals surface area contributed by atoms with Gasteiger partial charge in [0.05, 0.1) is 23.0 Å². The number of imidazole rings is 1. The quantitative estimate of drug-likeness (QED) is 0.870. The van der Waals surface area contributed by atoms with Crippen LogP contribution in [0.25, 0.3) is 5.82 Å². The van der Waals surface area contributed by atoms with Crippen molar-refractivity contribution >= 4 is 11.6 Å². The van der Waals surface area contributed by atoms with E-state index in [1.165, 1.54) is 0 Å². The predicted molar refractivity (Wildman–Crippen MR) is 61.8 cm³/mol. The van der Waals surface area contributed by atoms with Crippen molar-refractivity contribution in [1.29, 1.82) is 0 Å². The summed E-state index contributed by atoms with van der Waals surface area (Å²) < 4.78 is 1.87. The van der Waals surface area contributed by atoms with Gasteiger partial charge in [0, 0.05) is 5.69 Å². The molecule has 4 nitrogen and oxygen atoms in total. The molecule has 2 aromatic rings. The number of aliphatic hydroxyl groups is 1. The molecule has 0 aromatic carbocycles. The number of aliphatic hydroxyl groups excluding tert-OH is 1. The molecule has 0 fully saturated rings. The molecule has 2 rings (SSSR count). The molecule has 1 N–H and O–H groups in total. The first-order valence-electron chi connectivity index (χ1n) is 4.90. The summed E-state index contributed by atoms with van der Waals surface area (Å²) >= 11 is 5.88. The minimum absolute atomic E-state index is 0.167. The Morgan fingerprint density at radius 2 is 2.12 bits per heavy atom. The fraction of sp³-hybridized carbons (Fsp3) is 0.273. The van der Waals surface area contributed by atoms with Crippen LogP contribution in [0.2, 0.25) is 5.02 Å². The van der Waals surface area contributed by atoms with Crippen LogP contribution in [0.3, 0.4) is 0 Å². The van der Waals surface area contributed by atoms with Gasteiger partial charge < -0.3 is 5.11 Å². The number of aryl methyl sites for hydroxylation is 1. The van der Waals surface area contributed by atoms with E-state index in [2.05, 4.69) is 9.97 Å². The van der Waals surface area contributed by atoms with Crippen LogP contribution in [-0.2, 0) is 6.61 Å². The number of nitrogens with zero attached hydrogens (tertiary/aromatic N) is 3. The van der Waals surface area contributed by atoms with Crippen molar-refractivity contribution in [2.24, 2.45) is 0 Å². The third kappa shape index (κ3) is 1.81. The molecule has 0 aliphatic heterocycles. The molecule has 0 unspecified atom stereocenters. The molecule has 0 radical (unpaired) electrons. The van der Waals surface area contributed by atoms with Crippen molar-refractivity contribution in [3.8, 4) is 5.82 Å². The van der Waals surface area contributed by atoms with Crippen molar-refractivity contribution in [1.82, 2.24) is 14.5 Å². The molecule has 5 heteroatoms. The Hall–Kier alpha value is -1.39. The van der Waals surface area contributed by atoms with Gasteiger partial charge in [-0.1, -0.05) is 11.6 Å². The molecule has 84 valence electrons. The zero-order chi connectivity index (χ0) is 11.7. The van der Waals surface area contributed by atoms with Gasteiger partial charge in [-0.05, 0) is 26.0 Å². The number of rotatable bonds is 2. The lowest BCUT2D eigenvalue weighted by Gasteiger charge is -2.07. The van der Waals surface area contributed by atoms with E-state index in [4.69, 9.17) is 16.7 Å². The van der Waals surface area contributed by atoms with Crippen LogP contribution in [0.1, 0.15) is 17.1 Å². The summed E-state index contributed by atoms with van der Waals surface area (Å²) in [7, 11) is 0.